The van der Waals surface area contributed by atoms with Crippen LogP contribution in [0.1, 0.15) is 52.6 Å². The van der Waals surface area contributed by atoms with Crippen LogP contribution in [0.25, 0.3) is 0 Å². The second-order valence-corrected chi connectivity index (χ2v) is 5.55. The number of hydrogen-bond acceptors (Lipinski definition) is 4. The van der Waals surface area contributed by atoms with Gasteiger partial charge in [-0.3, -0.25) is 15.0 Å². The van der Waals surface area contributed by atoms with Crippen molar-refractivity contribution in [3.63, 3.8) is 0 Å². The van der Waals surface area contributed by atoms with E-state index in [1.54, 1.807) is 0 Å². The molecule has 0 aliphatic heterocycles. The first-order valence-corrected chi connectivity index (χ1v) is 7.27. The number of amides is 1. The molecule has 0 saturated heterocycles. The summed E-state index contributed by atoms with van der Waals surface area (Å²) in [5.41, 5.74) is 9.96. The minimum absolute atomic E-state index is 0.209. The molecule has 1 aliphatic carbocycles. The molecule has 0 atom stereocenters. The van der Waals surface area contributed by atoms with Gasteiger partial charge in [0.2, 0.25) is 0 Å². The lowest BCUT2D eigenvalue weighted by molar-refractivity contribution is 0.0949. The van der Waals surface area contributed by atoms with Crippen LogP contribution in [0.2, 0.25) is 0 Å². The number of rotatable bonds is 6. The van der Waals surface area contributed by atoms with Crippen molar-refractivity contribution in [2.45, 2.75) is 38.5 Å². The number of carbonyl (C=O) groups is 1. The van der Waals surface area contributed by atoms with Crippen molar-refractivity contribution in [3.8, 4) is 0 Å². The Balaban J connectivity index is 1.49. The van der Waals surface area contributed by atoms with Crippen LogP contribution < -0.4 is 11.1 Å². The van der Waals surface area contributed by atoms with E-state index >= 15 is 0 Å². The third kappa shape index (κ3) is 2.91. The van der Waals surface area contributed by atoms with E-state index in [-0.39, 0.29) is 5.91 Å². The van der Waals surface area contributed by atoms with Crippen molar-refractivity contribution >= 4 is 11.6 Å². The first kappa shape index (κ1) is 13.7. The monoisotopic (exact) mass is 288 g/mol. The maximum Gasteiger partial charge on any atom is 0.273 e. The SMILES string of the molecule is Cc1[nH]ncc1CCCNC(=O)c1n[nH]c(C2CC2)c1N. The number of nitrogens with two attached hydrogens (primary N) is 1. The maximum absolute atomic E-state index is 12.1. The first-order valence-electron chi connectivity index (χ1n) is 7.27. The second kappa shape index (κ2) is 5.59. The molecule has 112 valence electrons. The third-order valence-electron chi connectivity index (χ3n) is 3.88. The van der Waals surface area contributed by atoms with E-state index in [1.165, 1.54) is 5.56 Å². The Labute approximate surface area is 122 Å². The van der Waals surface area contributed by atoms with Crippen molar-refractivity contribution in [2.24, 2.45) is 0 Å². The fourth-order valence-corrected chi connectivity index (χ4v) is 2.41. The third-order valence-corrected chi connectivity index (χ3v) is 3.88. The number of hydrogen-bond donors (Lipinski definition) is 4. The van der Waals surface area contributed by atoms with Gasteiger partial charge in [0.05, 0.1) is 17.6 Å². The molecule has 1 amide bonds. The van der Waals surface area contributed by atoms with Gasteiger partial charge in [0.15, 0.2) is 5.69 Å². The summed E-state index contributed by atoms with van der Waals surface area (Å²) in [5.74, 6) is 0.252. The zero-order valence-corrected chi connectivity index (χ0v) is 12.1. The molecule has 0 bridgehead atoms. The lowest BCUT2D eigenvalue weighted by Gasteiger charge is -2.04. The van der Waals surface area contributed by atoms with Crippen molar-refractivity contribution in [2.75, 3.05) is 12.3 Å². The molecule has 2 aromatic rings. The number of nitrogen functional groups attached to an aromatic ring is 1. The Morgan fingerprint density at radius 2 is 2.29 bits per heavy atom. The number of aromatic amines is 2. The normalized spacial score (nSPS) is 14.3. The number of H-pyrrole nitrogens is 2. The van der Waals surface area contributed by atoms with Gasteiger partial charge >= 0.3 is 0 Å². The average Bonchev–Trinajstić information content (AvgIpc) is 3.12. The molecule has 7 heteroatoms. The van der Waals surface area contributed by atoms with Crippen LogP contribution >= 0.6 is 0 Å². The molecule has 21 heavy (non-hydrogen) atoms. The summed E-state index contributed by atoms with van der Waals surface area (Å²) in [7, 11) is 0. The first-order chi connectivity index (χ1) is 10.2. The molecule has 0 spiro atoms. The number of aromatic nitrogens is 4. The van der Waals surface area contributed by atoms with Crippen LogP contribution in [-0.2, 0) is 6.42 Å². The predicted molar refractivity (Wildman–Crippen MR) is 79.0 cm³/mol. The van der Waals surface area contributed by atoms with Crippen LogP contribution in [0.5, 0.6) is 0 Å². The Hall–Kier alpha value is -2.31. The average molecular weight is 288 g/mol. The molecule has 0 aromatic carbocycles. The highest BCUT2D eigenvalue weighted by Gasteiger charge is 2.30. The highest BCUT2D eigenvalue weighted by atomic mass is 16.1. The highest BCUT2D eigenvalue weighted by molar-refractivity contribution is 5.97. The molecule has 7 nitrogen and oxygen atoms in total. The molecular weight excluding hydrogens is 268 g/mol. The molecule has 2 aromatic heterocycles. The number of anilines is 1. The summed E-state index contributed by atoms with van der Waals surface area (Å²) in [6.45, 7) is 2.58. The molecular formula is C14H20N6O. The predicted octanol–water partition coefficient (Wildman–Crippen LogP) is 1.26. The van der Waals surface area contributed by atoms with E-state index < -0.39 is 0 Å². The van der Waals surface area contributed by atoms with Gasteiger partial charge in [0.1, 0.15) is 0 Å². The number of nitrogens with zero attached hydrogens (tertiary/aromatic N) is 2. The second-order valence-electron chi connectivity index (χ2n) is 5.55. The number of nitrogens with one attached hydrogen (secondary N) is 3. The number of aryl methyl sites for hydroxylation is 2. The van der Waals surface area contributed by atoms with Gasteiger partial charge in [-0.2, -0.15) is 10.2 Å². The van der Waals surface area contributed by atoms with Gasteiger partial charge in [-0.15, -0.1) is 0 Å². The standard InChI is InChI=1S/C14H20N6O/c1-8-10(7-17-18-8)3-2-6-16-14(21)13-11(15)12(19-20-13)9-4-5-9/h7,9H,2-6,15H2,1H3,(H,16,21)(H,17,18)(H,19,20). The van der Waals surface area contributed by atoms with E-state index in [9.17, 15) is 4.79 Å². The quantitative estimate of drug-likeness (QED) is 0.599. The Morgan fingerprint density at radius 3 is 2.95 bits per heavy atom. The van der Waals surface area contributed by atoms with Gasteiger partial charge in [-0.25, -0.2) is 0 Å². The summed E-state index contributed by atoms with van der Waals surface area (Å²) >= 11 is 0. The summed E-state index contributed by atoms with van der Waals surface area (Å²) in [5, 5.41) is 16.7. The highest BCUT2D eigenvalue weighted by Crippen LogP contribution is 2.42. The Morgan fingerprint density at radius 1 is 1.48 bits per heavy atom. The van der Waals surface area contributed by atoms with Crippen LogP contribution in [0.3, 0.4) is 0 Å². The van der Waals surface area contributed by atoms with Crippen molar-refractivity contribution in [1.82, 2.24) is 25.7 Å². The van der Waals surface area contributed by atoms with Crippen LogP contribution in [0.4, 0.5) is 5.69 Å². The zero-order chi connectivity index (χ0) is 14.8. The summed E-state index contributed by atoms with van der Waals surface area (Å²) in [6.07, 6.45) is 5.80. The Bertz CT molecular complexity index is 640. The minimum atomic E-state index is -0.209. The lowest BCUT2D eigenvalue weighted by atomic mass is 10.1. The van der Waals surface area contributed by atoms with Gasteiger partial charge in [-0.1, -0.05) is 0 Å². The largest absolute Gasteiger partial charge is 0.395 e. The molecule has 1 aliphatic rings. The number of carbonyl (C=O) groups excluding carboxylic acids is 1. The smallest absolute Gasteiger partial charge is 0.273 e. The van der Waals surface area contributed by atoms with E-state index in [2.05, 4.69) is 25.7 Å². The molecule has 1 fully saturated rings. The van der Waals surface area contributed by atoms with Gasteiger partial charge < -0.3 is 11.1 Å². The lowest BCUT2D eigenvalue weighted by Crippen LogP contribution is -2.26. The van der Waals surface area contributed by atoms with Gasteiger partial charge in [-0.05, 0) is 38.2 Å². The fourth-order valence-electron chi connectivity index (χ4n) is 2.41. The topological polar surface area (TPSA) is 112 Å². The van der Waals surface area contributed by atoms with Crippen LogP contribution in [0.15, 0.2) is 6.20 Å². The van der Waals surface area contributed by atoms with Crippen molar-refractivity contribution in [3.05, 3.63) is 28.8 Å². The maximum atomic E-state index is 12.1. The van der Waals surface area contributed by atoms with Gasteiger partial charge in [0.25, 0.3) is 5.91 Å². The molecule has 2 heterocycles. The molecule has 0 unspecified atom stereocenters. The van der Waals surface area contributed by atoms with E-state index in [0.717, 1.165) is 37.1 Å². The van der Waals surface area contributed by atoms with Crippen LogP contribution in [-0.4, -0.2) is 32.8 Å². The minimum Gasteiger partial charge on any atom is -0.395 e. The van der Waals surface area contributed by atoms with Gasteiger partial charge in [0, 0.05) is 18.2 Å². The molecule has 3 rings (SSSR count). The van der Waals surface area contributed by atoms with E-state index in [4.69, 9.17) is 5.73 Å². The fraction of sp³-hybridized carbons (Fsp3) is 0.500. The van der Waals surface area contributed by atoms with Crippen LogP contribution in [0, 0.1) is 6.92 Å². The summed E-state index contributed by atoms with van der Waals surface area (Å²) in [6, 6.07) is 0. The van der Waals surface area contributed by atoms with Crippen molar-refractivity contribution < 1.29 is 4.79 Å². The Kier molecular flexibility index (Phi) is 3.64. The molecule has 0 radical (unpaired) electrons. The van der Waals surface area contributed by atoms with E-state index in [1.807, 2.05) is 13.1 Å². The zero-order valence-electron chi connectivity index (χ0n) is 12.1. The molecule has 1 saturated carbocycles. The summed E-state index contributed by atoms with van der Waals surface area (Å²) in [4.78, 5) is 12.1. The summed E-state index contributed by atoms with van der Waals surface area (Å²) < 4.78 is 0. The molecule has 5 N–H and O–H groups in total. The van der Waals surface area contributed by atoms with Crippen molar-refractivity contribution in [1.29, 1.82) is 0 Å². The van der Waals surface area contributed by atoms with E-state index in [0.29, 0.717) is 23.8 Å².